The van der Waals surface area contributed by atoms with Crippen molar-refractivity contribution in [2.24, 2.45) is 5.92 Å². The van der Waals surface area contributed by atoms with E-state index >= 15 is 0 Å². The highest BCUT2D eigenvalue weighted by Crippen LogP contribution is 2.19. The van der Waals surface area contributed by atoms with Gasteiger partial charge in [-0.05, 0) is 56.5 Å². The zero-order valence-corrected chi connectivity index (χ0v) is 17.1. The Balaban J connectivity index is 1.97. The predicted octanol–water partition coefficient (Wildman–Crippen LogP) is 3.13. The Morgan fingerprint density at radius 3 is 2.46 bits per heavy atom. The summed E-state index contributed by atoms with van der Waals surface area (Å²) in [5, 5.41) is 11.3. The highest BCUT2D eigenvalue weighted by atomic mass is 16.5. The van der Waals surface area contributed by atoms with Crippen LogP contribution in [0.2, 0.25) is 0 Å². The third-order valence-corrected chi connectivity index (χ3v) is 4.69. The Kier molecular flexibility index (Phi) is 7.81. The van der Waals surface area contributed by atoms with E-state index in [1.165, 1.54) is 0 Å². The second-order valence-electron chi connectivity index (χ2n) is 7.33. The van der Waals surface area contributed by atoms with Crippen LogP contribution in [0.4, 0.5) is 0 Å². The lowest BCUT2D eigenvalue weighted by molar-refractivity contribution is 0.0917. The van der Waals surface area contributed by atoms with Gasteiger partial charge in [-0.15, -0.1) is 0 Å². The van der Waals surface area contributed by atoms with E-state index in [9.17, 15) is 9.59 Å². The number of aryl methyl sites for hydroxylation is 1. The fourth-order valence-electron chi connectivity index (χ4n) is 3.02. The van der Waals surface area contributed by atoms with Gasteiger partial charge in [0.1, 0.15) is 5.75 Å². The molecule has 1 heterocycles. The zero-order valence-electron chi connectivity index (χ0n) is 17.1. The molecule has 1 amide bonds. The van der Waals surface area contributed by atoms with Gasteiger partial charge in [-0.1, -0.05) is 13.8 Å². The minimum absolute atomic E-state index is 0.0511. The number of amides is 1. The first-order valence-corrected chi connectivity index (χ1v) is 9.65. The molecule has 0 aliphatic carbocycles. The lowest BCUT2D eigenvalue weighted by Gasteiger charge is -2.11. The summed E-state index contributed by atoms with van der Waals surface area (Å²) in [4.78, 5) is 24.4. The third-order valence-electron chi connectivity index (χ3n) is 4.69. The number of ketones is 1. The fraction of sp³-hybridized carbons (Fsp3) is 0.455. The van der Waals surface area contributed by atoms with Crippen molar-refractivity contribution in [1.82, 2.24) is 9.88 Å². The predicted molar refractivity (Wildman–Crippen MR) is 109 cm³/mol. The van der Waals surface area contributed by atoms with Crippen LogP contribution in [-0.2, 0) is 6.54 Å². The smallest absolute Gasteiger partial charge is 0.251 e. The second kappa shape index (κ2) is 10.1. The Bertz CT molecular complexity index is 807. The highest BCUT2D eigenvalue weighted by Gasteiger charge is 2.16. The number of aliphatic hydroxyl groups excluding tert-OH is 1. The maximum atomic E-state index is 12.6. The van der Waals surface area contributed by atoms with E-state index in [0.717, 1.165) is 24.4 Å². The molecule has 0 spiro atoms. The van der Waals surface area contributed by atoms with Crippen molar-refractivity contribution in [1.29, 1.82) is 0 Å². The normalized spacial score (nSPS) is 10.9. The molecule has 1 aromatic heterocycles. The summed E-state index contributed by atoms with van der Waals surface area (Å²) in [6.07, 6.45) is 1.07. The quantitative estimate of drug-likeness (QED) is 0.615. The van der Waals surface area contributed by atoms with Gasteiger partial charge in [-0.2, -0.15) is 0 Å². The SMILES string of the molecule is Cc1cc(C(=O)COc2ccc(C(=O)NCCO)cc2)c(C)n1CCC(C)C. The van der Waals surface area contributed by atoms with E-state index in [0.29, 0.717) is 22.8 Å². The van der Waals surface area contributed by atoms with E-state index in [-0.39, 0.29) is 31.4 Å². The number of carbonyl (C=O) groups excluding carboxylic acids is 2. The van der Waals surface area contributed by atoms with Gasteiger partial charge in [-0.3, -0.25) is 9.59 Å². The van der Waals surface area contributed by atoms with Gasteiger partial charge in [-0.25, -0.2) is 0 Å². The summed E-state index contributed by atoms with van der Waals surface area (Å²) in [5.74, 6) is 0.817. The monoisotopic (exact) mass is 386 g/mol. The minimum Gasteiger partial charge on any atom is -0.485 e. The Morgan fingerprint density at radius 2 is 1.86 bits per heavy atom. The van der Waals surface area contributed by atoms with Crippen LogP contribution in [0, 0.1) is 19.8 Å². The van der Waals surface area contributed by atoms with Gasteiger partial charge in [0, 0.05) is 35.6 Å². The number of Topliss-reactive ketones (excluding diaryl/α,β-unsaturated/α-hetero) is 1. The van der Waals surface area contributed by atoms with Crippen LogP contribution in [0.1, 0.15) is 52.4 Å². The first-order valence-electron chi connectivity index (χ1n) is 9.65. The highest BCUT2D eigenvalue weighted by molar-refractivity contribution is 5.98. The van der Waals surface area contributed by atoms with Crippen molar-refractivity contribution in [3.8, 4) is 5.75 Å². The molecule has 0 saturated heterocycles. The van der Waals surface area contributed by atoms with Gasteiger partial charge in [0.25, 0.3) is 5.91 Å². The van der Waals surface area contributed by atoms with Crippen molar-refractivity contribution >= 4 is 11.7 Å². The molecule has 0 aliphatic rings. The molecule has 0 aliphatic heterocycles. The number of nitrogens with zero attached hydrogens (tertiary/aromatic N) is 1. The lowest BCUT2D eigenvalue weighted by atomic mass is 10.1. The van der Waals surface area contributed by atoms with E-state index < -0.39 is 0 Å². The molecular weight excluding hydrogens is 356 g/mol. The van der Waals surface area contributed by atoms with Gasteiger partial charge in [0.15, 0.2) is 6.61 Å². The molecule has 28 heavy (non-hydrogen) atoms. The molecular formula is C22H30N2O4. The maximum absolute atomic E-state index is 12.6. The molecule has 0 atom stereocenters. The van der Waals surface area contributed by atoms with Crippen LogP contribution in [0.5, 0.6) is 5.75 Å². The second-order valence-corrected chi connectivity index (χ2v) is 7.33. The van der Waals surface area contributed by atoms with Crippen molar-refractivity contribution < 1.29 is 19.4 Å². The number of benzene rings is 1. The van der Waals surface area contributed by atoms with Crippen molar-refractivity contribution in [3.05, 3.63) is 52.8 Å². The van der Waals surface area contributed by atoms with Crippen LogP contribution < -0.4 is 10.1 Å². The third kappa shape index (κ3) is 5.70. The Labute approximate surface area is 166 Å². The molecule has 0 radical (unpaired) electrons. The summed E-state index contributed by atoms with van der Waals surface area (Å²) >= 11 is 0. The lowest BCUT2D eigenvalue weighted by Crippen LogP contribution is -2.26. The molecule has 0 fully saturated rings. The summed E-state index contributed by atoms with van der Waals surface area (Å²) in [5.41, 5.74) is 3.23. The zero-order chi connectivity index (χ0) is 20.7. The first kappa shape index (κ1) is 21.7. The number of hydrogen-bond acceptors (Lipinski definition) is 4. The number of hydrogen-bond donors (Lipinski definition) is 2. The molecule has 2 aromatic rings. The molecule has 0 bridgehead atoms. The molecule has 6 nitrogen and oxygen atoms in total. The van der Waals surface area contributed by atoms with E-state index in [1.807, 2.05) is 19.9 Å². The van der Waals surface area contributed by atoms with Crippen LogP contribution in [0.25, 0.3) is 0 Å². The number of ether oxygens (including phenoxy) is 1. The molecule has 152 valence electrons. The minimum atomic E-state index is -0.259. The van der Waals surface area contributed by atoms with Crippen LogP contribution in [-0.4, -0.2) is 41.1 Å². The van der Waals surface area contributed by atoms with Gasteiger partial charge >= 0.3 is 0 Å². The summed E-state index contributed by atoms with van der Waals surface area (Å²) in [6, 6.07) is 8.50. The maximum Gasteiger partial charge on any atom is 0.251 e. The topological polar surface area (TPSA) is 80.6 Å². The number of carbonyl (C=O) groups is 2. The van der Waals surface area contributed by atoms with Crippen LogP contribution in [0.15, 0.2) is 30.3 Å². The molecule has 1 aromatic carbocycles. The van der Waals surface area contributed by atoms with Crippen molar-refractivity contribution in [2.45, 2.75) is 40.7 Å². The van der Waals surface area contributed by atoms with E-state index in [4.69, 9.17) is 9.84 Å². The molecule has 0 saturated carbocycles. The largest absolute Gasteiger partial charge is 0.485 e. The average Bonchev–Trinajstić information content (AvgIpc) is 2.96. The summed E-state index contributed by atoms with van der Waals surface area (Å²) in [7, 11) is 0. The van der Waals surface area contributed by atoms with Gasteiger partial charge < -0.3 is 19.7 Å². The number of rotatable bonds is 10. The van der Waals surface area contributed by atoms with Crippen LogP contribution in [0.3, 0.4) is 0 Å². The molecule has 2 N–H and O–H groups in total. The average molecular weight is 386 g/mol. The molecule has 0 unspecified atom stereocenters. The molecule has 2 rings (SSSR count). The number of nitrogens with one attached hydrogen (secondary N) is 1. The van der Waals surface area contributed by atoms with Gasteiger partial charge in [0.05, 0.1) is 6.61 Å². The van der Waals surface area contributed by atoms with Crippen LogP contribution >= 0.6 is 0 Å². The molecule has 6 heteroatoms. The number of aromatic nitrogens is 1. The van der Waals surface area contributed by atoms with Gasteiger partial charge in [0.2, 0.25) is 5.78 Å². The van der Waals surface area contributed by atoms with E-state index in [1.54, 1.807) is 24.3 Å². The Morgan fingerprint density at radius 1 is 1.18 bits per heavy atom. The summed E-state index contributed by atoms with van der Waals surface area (Å²) < 4.78 is 7.80. The van der Waals surface area contributed by atoms with E-state index in [2.05, 4.69) is 23.7 Å². The summed E-state index contributed by atoms with van der Waals surface area (Å²) in [6.45, 7) is 9.33. The van der Waals surface area contributed by atoms with Crippen molar-refractivity contribution in [2.75, 3.05) is 19.8 Å². The number of aliphatic hydroxyl groups is 1. The first-order chi connectivity index (χ1) is 13.3. The standard InChI is InChI=1S/C22H30N2O4/c1-15(2)9-11-24-16(3)13-20(17(24)4)21(26)14-28-19-7-5-18(6-8-19)22(27)23-10-12-25/h5-8,13,15,25H,9-12,14H2,1-4H3,(H,23,27). The fourth-order valence-corrected chi connectivity index (χ4v) is 3.02. The van der Waals surface area contributed by atoms with Crippen molar-refractivity contribution in [3.63, 3.8) is 0 Å². The Hall–Kier alpha value is -2.60.